The Hall–Kier alpha value is -2.41. The van der Waals surface area contributed by atoms with Gasteiger partial charge >= 0.3 is 5.97 Å². The maximum atomic E-state index is 12.3. The van der Waals surface area contributed by atoms with Crippen molar-refractivity contribution in [2.75, 3.05) is 14.1 Å². The summed E-state index contributed by atoms with van der Waals surface area (Å²) in [5.41, 5.74) is 1.08. The van der Waals surface area contributed by atoms with E-state index in [-0.39, 0.29) is 18.1 Å². The van der Waals surface area contributed by atoms with Gasteiger partial charge in [0.05, 0.1) is 10.7 Å². The van der Waals surface area contributed by atoms with Crippen molar-refractivity contribution in [3.05, 3.63) is 45.9 Å². The molecular weight excluding hydrogens is 328 g/mol. The van der Waals surface area contributed by atoms with Gasteiger partial charge < -0.3 is 14.4 Å². The first-order valence-corrected chi connectivity index (χ1v) is 8.31. The van der Waals surface area contributed by atoms with Crippen molar-refractivity contribution in [2.24, 2.45) is 0 Å². The lowest BCUT2D eigenvalue weighted by molar-refractivity contribution is -0.137. The van der Waals surface area contributed by atoms with Gasteiger partial charge in [-0.05, 0) is 26.0 Å². The highest BCUT2D eigenvalue weighted by Gasteiger charge is 2.22. The minimum Gasteiger partial charge on any atom is -0.486 e. The molecule has 2 rings (SSSR count). The molecule has 1 aromatic heterocycles. The third-order valence-corrected chi connectivity index (χ3v) is 4.04. The van der Waals surface area contributed by atoms with E-state index in [1.165, 1.54) is 16.2 Å². The number of ether oxygens (including phenoxy) is 2. The van der Waals surface area contributed by atoms with Gasteiger partial charge in [0.15, 0.2) is 6.10 Å². The fourth-order valence-corrected chi connectivity index (χ4v) is 2.62. The Balaban J connectivity index is 2.07. The van der Waals surface area contributed by atoms with Gasteiger partial charge in [0.1, 0.15) is 17.9 Å². The summed E-state index contributed by atoms with van der Waals surface area (Å²) in [5.74, 6) is -0.472. The number of aryl methyl sites for hydroxylation is 1. The van der Waals surface area contributed by atoms with Gasteiger partial charge in [-0.25, -0.2) is 9.78 Å². The molecule has 24 heavy (non-hydrogen) atoms. The van der Waals surface area contributed by atoms with Crippen molar-refractivity contribution < 1.29 is 19.1 Å². The molecule has 1 heterocycles. The van der Waals surface area contributed by atoms with Gasteiger partial charge in [0, 0.05) is 19.5 Å². The van der Waals surface area contributed by atoms with Crippen LogP contribution in [0, 0.1) is 6.92 Å². The lowest BCUT2D eigenvalue weighted by atomic mass is 10.2. The molecule has 0 unspecified atom stereocenters. The number of para-hydroxylation sites is 1. The zero-order chi connectivity index (χ0) is 17.7. The molecular formula is C17H20N2O4S. The average Bonchev–Trinajstić information content (AvgIpc) is 2.97. The number of amides is 1. The van der Waals surface area contributed by atoms with Crippen molar-refractivity contribution in [1.29, 1.82) is 0 Å². The van der Waals surface area contributed by atoms with Crippen LogP contribution in [0.3, 0.4) is 0 Å². The van der Waals surface area contributed by atoms with Crippen LogP contribution in [0.25, 0.3) is 0 Å². The number of thiazole rings is 1. The number of carbonyl (C=O) groups excluding carboxylic acids is 2. The first-order valence-electron chi connectivity index (χ1n) is 7.43. The lowest BCUT2D eigenvalue weighted by Crippen LogP contribution is -2.35. The zero-order valence-corrected chi connectivity index (χ0v) is 14.9. The number of benzene rings is 1. The highest BCUT2D eigenvalue weighted by Crippen LogP contribution is 2.21. The molecule has 0 aliphatic rings. The van der Waals surface area contributed by atoms with E-state index in [0.717, 1.165) is 10.7 Å². The second kappa shape index (κ2) is 7.92. The van der Waals surface area contributed by atoms with Gasteiger partial charge in [-0.3, -0.25) is 4.79 Å². The summed E-state index contributed by atoms with van der Waals surface area (Å²) >= 11 is 1.54. The number of aromatic nitrogens is 1. The monoisotopic (exact) mass is 348 g/mol. The summed E-state index contributed by atoms with van der Waals surface area (Å²) in [5, 5.41) is 2.87. The summed E-state index contributed by atoms with van der Waals surface area (Å²) in [6.45, 7) is 3.73. The Labute approximate surface area is 145 Å². The van der Waals surface area contributed by atoms with Crippen LogP contribution in [0.1, 0.15) is 28.0 Å². The number of nitrogens with zero attached hydrogens (tertiary/aromatic N) is 2. The van der Waals surface area contributed by atoms with Crippen LogP contribution >= 0.6 is 11.3 Å². The van der Waals surface area contributed by atoms with E-state index >= 15 is 0 Å². The number of hydrogen-bond acceptors (Lipinski definition) is 6. The smallest absolute Gasteiger partial charge is 0.342 e. The first kappa shape index (κ1) is 17.9. The highest BCUT2D eigenvalue weighted by molar-refractivity contribution is 7.09. The molecule has 0 bridgehead atoms. The van der Waals surface area contributed by atoms with Crippen LogP contribution in [-0.4, -0.2) is 42.0 Å². The van der Waals surface area contributed by atoms with E-state index in [0.29, 0.717) is 5.75 Å². The Kier molecular flexibility index (Phi) is 5.92. The maximum Gasteiger partial charge on any atom is 0.342 e. The lowest BCUT2D eigenvalue weighted by Gasteiger charge is -2.18. The fourth-order valence-electron chi connectivity index (χ4n) is 2.03. The molecule has 0 N–H and O–H groups in total. The molecule has 0 radical (unpaired) electrons. The number of rotatable bonds is 6. The van der Waals surface area contributed by atoms with Crippen molar-refractivity contribution in [3.8, 4) is 5.75 Å². The van der Waals surface area contributed by atoms with Gasteiger partial charge in [-0.2, -0.15) is 0 Å². The second-order valence-electron chi connectivity index (χ2n) is 5.42. The average molecular weight is 348 g/mol. The Morgan fingerprint density at radius 3 is 2.62 bits per heavy atom. The standard InChI is InChI=1S/C17H20N2O4S/c1-11(16(20)19(3)4)23-17(21)14-7-5-6-8-15(14)22-9-13-10-24-12(2)18-13/h5-8,10-11H,9H2,1-4H3/t11-/m1/s1. The van der Waals surface area contributed by atoms with Gasteiger partial charge in [0.2, 0.25) is 0 Å². The molecule has 0 spiro atoms. The largest absolute Gasteiger partial charge is 0.486 e. The van der Waals surface area contributed by atoms with Crippen molar-refractivity contribution >= 4 is 23.2 Å². The summed E-state index contributed by atoms with van der Waals surface area (Å²) < 4.78 is 10.9. The van der Waals surface area contributed by atoms with Crippen LogP contribution < -0.4 is 4.74 Å². The van der Waals surface area contributed by atoms with E-state index in [2.05, 4.69) is 4.98 Å². The molecule has 0 saturated carbocycles. The number of carbonyl (C=O) groups is 2. The third-order valence-electron chi connectivity index (χ3n) is 3.22. The summed E-state index contributed by atoms with van der Waals surface area (Å²) in [6.07, 6.45) is -0.859. The molecule has 0 aliphatic heterocycles. The van der Waals surface area contributed by atoms with Crippen molar-refractivity contribution in [2.45, 2.75) is 26.6 Å². The molecule has 1 amide bonds. The predicted molar refractivity (Wildman–Crippen MR) is 91.2 cm³/mol. The Morgan fingerprint density at radius 1 is 1.29 bits per heavy atom. The SMILES string of the molecule is Cc1nc(COc2ccccc2C(=O)O[C@H](C)C(=O)N(C)C)cs1. The van der Waals surface area contributed by atoms with E-state index in [1.54, 1.807) is 45.3 Å². The Morgan fingerprint density at radius 2 is 2.00 bits per heavy atom. The fraction of sp³-hybridized carbons (Fsp3) is 0.353. The number of hydrogen-bond donors (Lipinski definition) is 0. The van der Waals surface area contributed by atoms with Gasteiger partial charge in [-0.1, -0.05) is 12.1 Å². The number of likely N-dealkylation sites (N-methyl/N-ethyl adjacent to an activating group) is 1. The van der Waals surface area contributed by atoms with Crippen molar-refractivity contribution in [1.82, 2.24) is 9.88 Å². The van der Waals surface area contributed by atoms with Crippen LogP contribution in [0.4, 0.5) is 0 Å². The number of esters is 1. The molecule has 0 fully saturated rings. The molecule has 128 valence electrons. The third kappa shape index (κ3) is 4.55. The quantitative estimate of drug-likeness (QED) is 0.751. The Bertz CT molecular complexity index is 727. The molecule has 0 aliphatic carbocycles. The minimum atomic E-state index is -0.859. The van der Waals surface area contributed by atoms with Crippen molar-refractivity contribution in [3.63, 3.8) is 0 Å². The minimum absolute atomic E-state index is 0.265. The predicted octanol–water partition coefficient (Wildman–Crippen LogP) is 2.66. The second-order valence-corrected chi connectivity index (χ2v) is 6.49. The van der Waals surface area contributed by atoms with E-state index in [4.69, 9.17) is 9.47 Å². The molecule has 7 heteroatoms. The van der Waals surface area contributed by atoms with Crippen LogP contribution in [0.2, 0.25) is 0 Å². The van der Waals surface area contributed by atoms with Crippen LogP contribution in [0.5, 0.6) is 5.75 Å². The highest BCUT2D eigenvalue weighted by atomic mass is 32.1. The topological polar surface area (TPSA) is 68.7 Å². The maximum absolute atomic E-state index is 12.3. The van der Waals surface area contributed by atoms with Crippen LogP contribution in [-0.2, 0) is 16.1 Å². The molecule has 2 aromatic rings. The zero-order valence-electron chi connectivity index (χ0n) is 14.1. The normalized spacial score (nSPS) is 11.7. The first-order chi connectivity index (χ1) is 11.4. The molecule has 0 saturated heterocycles. The summed E-state index contributed by atoms with van der Waals surface area (Å²) in [6, 6.07) is 6.78. The van der Waals surface area contributed by atoms with Crippen LogP contribution in [0.15, 0.2) is 29.6 Å². The summed E-state index contributed by atoms with van der Waals surface area (Å²) in [4.78, 5) is 29.8. The van der Waals surface area contributed by atoms with E-state index in [1.807, 2.05) is 12.3 Å². The van der Waals surface area contributed by atoms with Gasteiger partial charge in [-0.15, -0.1) is 11.3 Å². The van der Waals surface area contributed by atoms with Gasteiger partial charge in [0.25, 0.3) is 5.91 Å². The van der Waals surface area contributed by atoms with E-state index in [9.17, 15) is 9.59 Å². The van der Waals surface area contributed by atoms with E-state index < -0.39 is 12.1 Å². The molecule has 6 nitrogen and oxygen atoms in total. The summed E-state index contributed by atoms with van der Waals surface area (Å²) in [7, 11) is 3.22. The molecule has 1 aromatic carbocycles. The molecule has 1 atom stereocenters.